The first kappa shape index (κ1) is 5.22. The molecule has 0 aliphatic carbocycles. The molecule has 0 N–H and O–H groups in total. The van der Waals surface area contributed by atoms with Crippen LogP contribution in [0.25, 0.3) is 0 Å². The van der Waals surface area contributed by atoms with E-state index in [0.29, 0.717) is 6.42 Å². The van der Waals surface area contributed by atoms with Gasteiger partial charge < -0.3 is 0 Å². The molecule has 0 fully saturated rings. The van der Waals surface area contributed by atoms with Gasteiger partial charge in [-0.1, -0.05) is 6.08 Å². The molecule has 8 heavy (non-hydrogen) atoms. The zero-order valence-electron chi connectivity index (χ0n) is 4.72. The van der Waals surface area contributed by atoms with E-state index in [4.69, 9.17) is 0 Å². The Morgan fingerprint density at radius 2 is 2.50 bits per heavy atom. The minimum absolute atomic E-state index is 0.0457. The molecule has 1 aliphatic rings. The van der Waals surface area contributed by atoms with Crippen molar-refractivity contribution >= 4 is 12.1 Å². The molecule has 0 radical (unpaired) electrons. The number of carbonyl (C=O) groups excluding carboxylic acids is 1. The van der Waals surface area contributed by atoms with Crippen LogP contribution in [0.2, 0.25) is 0 Å². The Labute approximate surface area is 47.9 Å². The molecule has 1 heterocycles. The number of dihydropyridines is 1. The van der Waals surface area contributed by atoms with Crippen molar-refractivity contribution in [2.24, 2.45) is 4.99 Å². The van der Waals surface area contributed by atoms with Gasteiger partial charge >= 0.3 is 0 Å². The highest BCUT2D eigenvalue weighted by molar-refractivity contribution is 5.95. The SMILES string of the molecule is CC1=CCC(=O)N=C1. The van der Waals surface area contributed by atoms with Gasteiger partial charge in [0.15, 0.2) is 0 Å². The summed E-state index contributed by atoms with van der Waals surface area (Å²) in [6, 6.07) is 0. The molecular weight excluding hydrogens is 102 g/mol. The van der Waals surface area contributed by atoms with Crippen LogP contribution >= 0.6 is 0 Å². The van der Waals surface area contributed by atoms with Crippen molar-refractivity contribution < 1.29 is 4.79 Å². The second-order valence-electron chi connectivity index (χ2n) is 1.80. The average molecular weight is 109 g/mol. The molecule has 1 amide bonds. The van der Waals surface area contributed by atoms with Crippen molar-refractivity contribution in [3.8, 4) is 0 Å². The van der Waals surface area contributed by atoms with Gasteiger partial charge in [-0.05, 0) is 12.5 Å². The van der Waals surface area contributed by atoms with E-state index in [2.05, 4.69) is 4.99 Å². The smallest absolute Gasteiger partial charge is 0.249 e. The number of carbonyl (C=O) groups is 1. The van der Waals surface area contributed by atoms with Gasteiger partial charge in [0.25, 0.3) is 0 Å². The fourth-order valence-corrected chi connectivity index (χ4v) is 0.528. The zero-order chi connectivity index (χ0) is 5.98. The Kier molecular flexibility index (Phi) is 1.24. The van der Waals surface area contributed by atoms with E-state index in [0.717, 1.165) is 5.57 Å². The Balaban J connectivity index is 2.71. The van der Waals surface area contributed by atoms with Gasteiger partial charge in [-0.2, -0.15) is 0 Å². The Morgan fingerprint density at radius 3 is 2.88 bits per heavy atom. The van der Waals surface area contributed by atoms with E-state index in [1.54, 1.807) is 6.21 Å². The Bertz CT molecular complexity index is 165. The molecule has 0 aromatic rings. The van der Waals surface area contributed by atoms with Crippen molar-refractivity contribution in [2.75, 3.05) is 0 Å². The van der Waals surface area contributed by atoms with E-state index in [1.807, 2.05) is 13.0 Å². The van der Waals surface area contributed by atoms with Crippen LogP contribution in [0.15, 0.2) is 16.6 Å². The summed E-state index contributed by atoms with van der Waals surface area (Å²) in [4.78, 5) is 13.9. The summed E-state index contributed by atoms with van der Waals surface area (Å²) in [6.45, 7) is 1.93. The largest absolute Gasteiger partial charge is 0.272 e. The van der Waals surface area contributed by atoms with Crippen LogP contribution in [0.4, 0.5) is 0 Å². The highest BCUT2D eigenvalue weighted by Gasteiger charge is 1.98. The van der Waals surface area contributed by atoms with E-state index < -0.39 is 0 Å². The van der Waals surface area contributed by atoms with Crippen molar-refractivity contribution in [1.82, 2.24) is 0 Å². The maximum atomic E-state index is 10.4. The summed E-state index contributed by atoms with van der Waals surface area (Å²) in [5.41, 5.74) is 1.07. The molecule has 1 rings (SSSR count). The second kappa shape index (κ2) is 1.90. The molecule has 0 saturated carbocycles. The number of aliphatic imine (C=N–C) groups is 1. The highest BCUT2D eigenvalue weighted by Crippen LogP contribution is 1.99. The number of hydrogen-bond donors (Lipinski definition) is 0. The maximum Gasteiger partial charge on any atom is 0.249 e. The summed E-state index contributed by atoms with van der Waals surface area (Å²) in [5.74, 6) is -0.0457. The lowest BCUT2D eigenvalue weighted by Gasteiger charge is -1.95. The van der Waals surface area contributed by atoms with Crippen molar-refractivity contribution in [2.45, 2.75) is 13.3 Å². The van der Waals surface area contributed by atoms with Crippen LogP contribution < -0.4 is 0 Å². The third-order valence-electron chi connectivity index (χ3n) is 1.01. The van der Waals surface area contributed by atoms with Crippen LogP contribution in [0.5, 0.6) is 0 Å². The summed E-state index contributed by atoms with van der Waals surface area (Å²) in [6.07, 6.45) is 3.93. The van der Waals surface area contributed by atoms with E-state index in [1.165, 1.54) is 0 Å². The molecule has 0 unspecified atom stereocenters. The van der Waals surface area contributed by atoms with Gasteiger partial charge in [-0.15, -0.1) is 0 Å². The van der Waals surface area contributed by atoms with Gasteiger partial charge in [-0.25, -0.2) is 4.99 Å². The molecular formula is C6H7NO. The molecule has 42 valence electrons. The van der Waals surface area contributed by atoms with Crippen molar-refractivity contribution in [1.29, 1.82) is 0 Å². The van der Waals surface area contributed by atoms with Crippen LogP contribution in [-0.2, 0) is 4.79 Å². The van der Waals surface area contributed by atoms with E-state index >= 15 is 0 Å². The van der Waals surface area contributed by atoms with Crippen LogP contribution in [0, 0.1) is 0 Å². The van der Waals surface area contributed by atoms with Gasteiger partial charge in [-0.3, -0.25) is 4.79 Å². The second-order valence-corrected chi connectivity index (χ2v) is 1.80. The summed E-state index contributed by atoms with van der Waals surface area (Å²) >= 11 is 0. The fourth-order valence-electron chi connectivity index (χ4n) is 0.528. The van der Waals surface area contributed by atoms with Crippen molar-refractivity contribution in [3.05, 3.63) is 11.6 Å². The minimum Gasteiger partial charge on any atom is -0.272 e. The molecule has 0 bridgehead atoms. The summed E-state index contributed by atoms with van der Waals surface area (Å²) < 4.78 is 0. The predicted octanol–water partition coefficient (Wildman–Crippen LogP) is 0.934. The molecule has 0 aromatic carbocycles. The molecule has 2 heteroatoms. The maximum absolute atomic E-state index is 10.4. The van der Waals surface area contributed by atoms with E-state index in [-0.39, 0.29) is 5.91 Å². The normalized spacial score (nSPS) is 18.6. The summed E-state index contributed by atoms with van der Waals surface area (Å²) in [7, 11) is 0. The third kappa shape index (κ3) is 1.03. The fraction of sp³-hybridized carbons (Fsp3) is 0.333. The lowest BCUT2D eigenvalue weighted by Crippen LogP contribution is -1.97. The third-order valence-corrected chi connectivity index (χ3v) is 1.01. The number of amides is 1. The molecule has 0 saturated heterocycles. The van der Waals surface area contributed by atoms with Crippen LogP contribution in [-0.4, -0.2) is 12.1 Å². The Morgan fingerprint density at radius 1 is 1.75 bits per heavy atom. The number of allylic oxidation sites excluding steroid dienone is 1. The van der Waals surface area contributed by atoms with Crippen molar-refractivity contribution in [3.63, 3.8) is 0 Å². The minimum atomic E-state index is -0.0457. The zero-order valence-corrected chi connectivity index (χ0v) is 4.72. The standard InChI is InChI=1S/C6H7NO/c1-5-2-3-6(8)7-4-5/h2,4H,3H2,1H3. The predicted molar refractivity (Wildman–Crippen MR) is 31.9 cm³/mol. The van der Waals surface area contributed by atoms with Gasteiger partial charge in [0.2, 0.25) is 5.91 Å². The first-order chi connectivity index (χ1) is 3.79. The quantitative estimate of drug-likeness (QED) is 0.455. The van der Waals surface area contributed by atoms with Gasteiger partial charge in [0.05, 0.1) is 0 Å². The van der Waals surface area contributed by atoms with Crippen LogP contribution in [0.1, 0.15) is 13.3 Å². The van der Waals surface area contributed by atoms with Gasteiger partial charge in [0.1, 0.15) is 0 Å². The highest BCUT2D eigenvalue weighted by atomic mass is 16.1. The topological polar surface area (TPSA) is 29.4 Å². The van der Waals surface area contributed by atoms with Gasteiger partial charge in [0, 0.05) is 12.6 Å². The number of hydrogen-bond acceptors (Lipinski definition) is 1. The van der Waals surface area contributed by atoms with E-state index in [9.17, 15) is 4.79 Å². The summed E-state index contributed by atoms with van der Waals surface area (Å²) in [5, 5.41) is 0. The first-order valence-electron chi connectivity index (χ1n) is 2.53. The first-order valence-corrected chi connectivity index (χ1v) is 2.53. The molecule has 1 aliphatic heterocycles. The average Bonchev–Trinajstić information content (AvgIpc) is 1.77. The molecule has 0 atom stereocenters. The monoisotopic (exact) mass is 109 g/mol. The number of rotatable bonds is 0. The Hall–Kier alpha value is -0.920. The number of nitrogens with zero attached hydrogens (tertiary/aromatic N) is 1. The lowest BCUT2D eigenvalue weighted by atomic mass is 10.2. The lowest BCUT2D eigenvalue weighted by molar-refractivity contribution is -0.117. The molecule has 0 aromatic heterocycles. The van der Waals surface area contributed by atoms with Crippen LogP contribution in [0.3, 0.4) is 0 Å². The molecule has 0 spiro atoms. The molecule has 2 nitrogen and oxygen atoms in total.